The van der Waals surface area contributed by atoms with Crippen LogP contribution < -0.4 is 4.72 Å². The van der Waals surface area contributed by atoms with E-state index >= 15 is 0 Å². The van der Waals surface area contributed by atoms with Crippen LogP contribution in [0.4, 0.5) is 0 Å². The van der Waals surface area contributed by atoms with Gasteiger partial charge in [0.05, 0.1) is 23.5 Å². The van der Waals surface area contributed by atoms with Crippen LogP contribution in [0.3, 0.4) is 0 Å². The standard InChI is InChI=1S/C12H16N2O3S/c1-9(2)14-18(16,17)12-6-4-3-5-11(12)10(7-13)8-15/h3-6,9-10,14-15H,8H2,1-2H3. The minimum Gasteiger partial charge on any atom is -0.395 e. The summed E-state index contributed by atoms with van der Waals surface area (Å²) in [5.41, 5.74) is 0.315. The summed E-state index contributed by atoms with van der Waals surface area (Å²) in [4.78, 5) is 0.0410. The van der Waals surface area contributed by atoms with Gasteiger partial charge in [0.1, 0.15) is 0 Å². The number of rotatable bonds is 5. The van der Waals surface area contributed by atoms with Gasteiger partial charge in [-0.15, -0.1) is 0 Å². The van der Waals surface area contributed by atoms with Gasteiger partial charge in [0.25, 0.3) is 0 Å². The van der Waals surface area contributed by atoms with Crippen LogP contribution >= 0.6 is 0 Å². The molecule has 2 N–H and O–H groups in total. The maximum atomic E-state index is 12.1. The Hall–Kier alpha value is -1.42. The first-order valence-corrected chi connectivity index (χ1v) is 7.02. The third kappa shape index (κ3) is 3.29. The second kappa shape index (κ2) is 5.96. The van der Waals surface area contributed by atoms with Crippen LogP contribution in [0.1, 0.15) is 25.3 Å². The lowest BCUT2D eigenvalue weighted by Crippen LogP contribution is -2.31. The number of benzene rings is 1. The predicted molar refractivity (Wildman–Crippen MR) is 67.3 cm³/mol. The van der Waals surface area contributed by atoms with Crippen LogP contribution in [0, 0.1) is 11.3 Å². The molecule has 0 aliphatic carbocycles. The van der Waals surface area contributed by atoms with Gasteiger partial charge in [-0.1, -0.05) is 18.2 Å². The number of nitrogens with zero attached hydrogens (tertiary/aromatic N) is 1. The van der Waals surface area contributed by atoms with Crippen molar-refractivity contribution in [1.82, 2.24) is 4.72 Å². The molecule has 0 radical (unpaired) electrons. The Labute approximate surface area is 107 Å². The van der Waals surface area contributed by atoms with Crippen molar-refractivity contribution in [2.45, 2.75) is 30.7 Å². The molecule has 0 saturated heterocycles. The molecule has 0 amide bonds. The van der Waals surface area contributed by atoms with Crippen molar-refractivity contribution in [3.8, 4) is 6.07 Å². The fourth-order valence-electron chi connectivity index (χ4n) is 1.60. The normalized spacial score (nSPS) is 13.3. The molecular formula is C12H16N2O3S. The number of nitrogens with one attached hydrogen (secondary N) is 1. The zero-order chi connectivity index (χ0) is 13.8. The molecule has 1 atom stereocenters. The van der Waals surface area contributed by atoms with Gasteiger partial charge in [0.2, 0.25) is 10.0 Å². The number of nitriles is 1. The minimum absolute atomic E-state index is 0.0410. The molecule has 0 bridgehead atoms. The van der Waals surface area contributed by atoms with Crippen LogP contribution in [0.5, 0.6) is 0 Å². The van der Waals surface area contributed by atoms with Crippen molar-refractivity contribution in [3.63, 3.8) is 0 Å². The SMILES string of the molecule is CC(C)NS(=O)(=O)c1ccccc1C(C#N)CO. The largest absolute Gasteiger partial charge is 0.395 e. The van der Waals surface area contributed by atoms with E-state index in [2.05, 4.69) is 4.72 Å². The summed E-state index contributed by atoms with van der Waals surface area (Å²) in [6.45, 7) is 3.02. The molecule has 0 aromatic heterocycles. The van der Waals surface area contributed by atoms with Gasteiger partial charge < -0.3 is 5.11 Å². The summed E-state index contributed by atoms with van der Waals surface area (Å²) in [7, 11) is -3.67. The van der Waals surface area contributed by atoms with Gasteiger partial charge in [-0.25, -0.2) is 13.1 Å². The summed E-state index contributed by atoms with van der Waals surface area (Å²) < 4.78 is 26.7. The minimum atomic E-state index is -3.67. The van der Waals surface area contributed by atoms with Gasteiger partial charge >= 0.3 is 0 Å². The van der Waals surface area contributed by atoms with Crippen LogP contribution in [-0.2, 0) is 10.0 Å². The monoisotopic (exact) mass is 268 g/mol. The maximum Gasteiger partial charge on any atom is 0.241 e. The molecule has 1 unspecified atom stereocenters. The van der Waals surface area contributed by atoms with Crippen molar-refractivity contribution in [2.75, 3.05) is 6.61 Å². The van der Waals surface area contributed by atoms with Crippen LogP contribution in [0.2, 0.25) is 0 Å². The molecule has 0 aliphatic heterocycles. The van der Waals surface area contributed by atoms with E-state index in [0.717, 1.165) is 0 Å². The number of hydrogen-bond donors (Lipinski definition) is 2. The highest BCUT2D eigenvalue weighted by atomic mass is 32.2. The number of hydrogen-bond acceptors (Lipinski definition) is 4. The molecule has 1 aromatic carbocycles. The van der Waals surface area contributed by atoms with E-state index in [1.54, 1.807) is 32.0 Å². The van der Waals surface area contributed by atoms with Crippen molar-refractivity contribution in [2.24, 2.45) is 0 Å². The lowest BCUT2D eigenvalue weighted by molar-refractivity contribution is 0.284. The Balaban J connectivity index is 3.30. The molecule has 6 heteroatoms. The van der Waals surface area contributed by atoms with Crippen LogP contribution in [0.25, 0.3) is 0 Å². The van der Waals surface area contributed by atoms with Gasteiger partial charge in [-0.3, -0.25) is 0 Å². The second-order valence-corrected chi connectivity index (χ2v) is 5.86. The quantitative estimate of drug-likeness (QED) is 0.832. The zero-order valence-corrected chi connectivity index (χ0v) is 11.1. The first kappa shape index (κ1) is 14.6. The smallest absolute Gasteiger partial charge is 0.241 e. The van der Waals surface area contributed by atoms with E-state index in [1.165, 1.54) is 6.07 Å². The topological polar surface area (TPSA) is 90.2 Å². The van der Waals surface area contributed by atoms with E-state index < -0.39 is 22.5 Å². The van der Waals surface area contributed by atoms with E-state index in [0.29, 0.717) is 5.56 Å². The number of sulfonamides is 1. The Morgan fingerprint density at radius 3 is 2.50 bits per heavy atom. The summed E-state index contributed by atoms with van der Waals surface area (Å²) in [6.07, 6.45) is 0. The Bertz CT molecular complexity index is 547. The van der Waals surface area contributed by atoms with Crippen LogP contribution in [-0.4, -0.2) is 26.2 Å². The predicted octanol–water partition coefficient (Wildman–Crippen LogP) is 0.973. The molecule has 0 fully saturated rings. The van der Waals surface area contributed by atoms with Gasteiger partial charge in [0, 0.05) is 6.04 Å². The molecular weight excluding hydrogens is 252 g/mol. The number of aliphatic hydroxyl groups is 1. The average Bonchev–Trinajstić information content (AvgIpc) is 2.29. The molecule has 1 rings (SSSR count). The van der Waals surface area contributed by atoms with E-state index in [-0.39, 0.29) is 10.9 Å². The van der Waals surface area contributed by atoms with Crippen molar-refractivity contribution >= 4 is 10.0 Å². The Morgan fingerprint density at radius 1 is 1.39 bits per heavy atom. The summed E-state index contributed by atoms with van der Waals surface area (Å²) in [5, 5.41) is 18.0. The molecule has 5 nitrogen and oxygen atoms in total. The van der Waals surface area contributed by atoms with E-state index in [9.17, 15) is 8.42 Å². The van der Waals surface area contributed by atoms with Gasteiger partial charge in [-0.05, 0) is 25.5 Å². The highest BCUT2D eigenvalue weighted by molar-refractivity contribution is 7.89. The zero-order valence-electron chi connectivity index (χ0n) is 10.3. The molecule has 0 aliphatic rings. The van der Waals surface area contributed by atoms with Crippen molar-refractivity contribution in [3.05, 3.63) is 29.8 Å². The Kier molecular flexibility index (Phi) is 4.84. The summed E-state index contributed by atoms with van der Waals surface area (Å²) in [6, 6.07) is 7.85. The first-order valence-electron chi connectivity index (χ1n) is 5.54. The lowest BCUT2D eigenvalue weighted by atomic mass is 10.0. The Morgan fingerprint density at radius 2 is 2.00 bits per heavy atom. The molecule has 0 spiro atoms. The molecule has 18 heavy (non-hydrogen) atoms. The first-order chi connectivity index (χ1) is 8.42. The third-order valence-electron chi connectivity index (χ3n) is 2.31. The maximum absolute atomic E-state index is 12.1. The van der Waals surface area contributed by atoms with Crippen molar-refractivity contribution in [1.29, 1.82) is 5.26 Å². The van der Waals surface area contributed by atoms with E-state index in [4.69, 9.17) is 10.4 Å². The second-order valence-electron chi connectivity index (χ2n) is 4.18. The highest BCUT2D eigenvalue weighted by Gasteiger charge is 2.23. The lowest BCUT2D eigenvalue weighted by Gasteiger charge is -2.15. The number of aliphatic hydroxyl groups excluding tert-OH is 1. The average molecular weight is 268 g/mol. The molecule has 0 heterocycles. The van der Waals surface area contributed by atoms with E-state index in [1.807, 2.05) is 6.07 Å². The molecule has 1 aromatic rings. The summed E-state index contributed by atoms with van der Waals surface area (Å²) >= 11 is 0. The molecule has 0 saturated carbocycles. The fourth-order valence-corrected chi connectivity index (χ4v) is 3.12. The summed E-state index contributed by atoms with van der Waals surface area (Å²) in [5.74, 6) is -0.843. The third-order valence-corrected chi connectivity index (χ3v) is 4.05. The highest BCUT2D eigenvalue weighted by Crippen LogP contribution is 2.23. The molecule has 98 valence electrons. The van der Waals surface area contributed by atoms with Gasteiger partial charge in [0.15, 0.2) is 0 Å². The van der Waals surface area contributed by atoms with Crippen molar-refractivity contribution < 1.29 is 13.5 Å². The van der Waals surface area contributed by atoms with Gasteiger partial charge in [-0.2, -0.15) is 5.26 Å². The fraction of sp³-hybridized carbons (Fsp3) is 0.417. The van der Waals surface area contributed by atoms with Crippen LogP contribution in [0.15, 0.2) is 29.2 Å².